The van der Waals surface area contributed by atoms with Gasteiger partial charge in [0.25, 0.3) is 26.0 Å². The number of carbonyl (C=O) groups is 1. The van der Waals surface area contributed by atoms with E-state index in [0.29, 0.717) is 22.0 Å². The van der Waals surface area contributed by atoms with Crippen LogP contribution in [0.25, 0.3) is 0 Å². The Balaban J connectivity index is 1.48. The molecule has 0 bridgehead atoms. The van der Waals surface area contributed by atoms with E-state index in [1.807, 2.05) is 6.92 Å². The van der Waals surface area contributed by atoms with Crippen molar-refractivity contribution in [2.75, 3.05) is 14.8 Å². The van der Waals surface area contributed by atoms with E-state index in [0.717, 1.165) is 5.56 Å². The largest absolute Gasteiger partial charge is 0.322 e. The number of nitrogens with one attached hydrogen (secondary N) is 3. The molecule has 0 aromatic heterocycles. The van der Waals surface area contributed by atoms with Crippen LogP contribution < -0.4 is 14.8 Å². The second-order valence-corrected chi connectivity index (χ2v) is 12.2. The Morgan fingerprint density at radius 1 is 0.684 bits per heavy atom. The summed E-state index contributed by atoms with van der Waals surface area (Å²) in [5.41, 5.74) is 2.48. The highest BCUT2D eigenvalue weighted by atomic mass is 35.5. The molecule has 0 spiro atoms. The molecule has 1 amide bonds. The van der Waals surface area contributed by atoms with Crippen molar-refractivity contribution < 1.29 is 21.6 Å². The van der Waals surface area contributed by atoms with E-state index < -0.39 is 26.0 Å². The van der Waals surface area contributed by atoms with Gasteiger partial charge in [0.1, 0.15) is 0 Å². The van der Waals surface area contributed by atoms with E-state index in [2.05, 4.69) is 14.8 Å². The maximum Gasteiger partial charge on any atom is 0.261 e. The van der Waals surface area contributed by atoms with Gasteiger partial charge in [-0.3, -0.25) is 14.2 Å². The lowest BCUT2D eigenvalue weighted by molar-refractivity contribution is 0.102. The lowest BCUT2D eigenvalue weighted by Crippen LogP contribution is -2.17. The maximum absolute atomic E-state index is 13.0. The molecule has 4 rings (SSSR count). The Kier molecular flexibility index (Phi) is 7.77. The molecule has 0 saturated carbocycles. The number of carbonyl (C=O) groups excluding carboxylic acids is 1. The number of aryl methyl sites for hydroxylation is 1. The van der Waals surface area contributed by atoms with Gasteiger partial charge in [0.05, 0.1) is 21.2 Å². The molecule has 0 fully saturated rings. The zero-order chi connectivity index (χ0) is 27.5. The van der Waals surface area contributed by atoms with Crippen molar-refractivity contribution in [2.24, 2.45) is 0 Å². The summed E-state index contributed by atoms with van der Waals surface area (Å²) in [5.74, 6) is -0.480. The predicted octanol–water partition coefficient (Wildman–Crippen LogP) is 5.81. The SMILES string of the molecule is Cc1ccc(NS(=O)(=O)c2ccc(NC(=O)c3cccc(NS(=O)(=O)c4ccccc4)c3C)cc2)cc1Cl. The highest BCUT2D eigenvalue weighted by Crippen LogP contribution is 2.25. The van der Waals surface area contributed by atoms with Gasteiger partial charge in [-0.2, -0.15) is 0 Å². The molecule has 8 nitrogen and oxygen atoms in total. The molecule has 0 saturated heterocycles. The molecule has 0 aliphatic carbocycles. The van der Waals surface area contributed by atoms with Crippen molar-refractivity contribution in [3.63, 3.8) is 0 Å². The summed E-state index contributed by atoms with van der Waals surface area (Å²) >= 11 is 6.08. The smallest absolute Gasteiger partial charge is 0.261 e. The third-order valence-corrected chi connectivity index (χ3v) is 8.91. The second-order valence-electron chi connectivity index (χ2n) is 8.44. The number of amides is 1. The molecule has 4 aromatic carbocycles. The van der Waals surface area contributed by atoms with E-state index in [1.54, 1.807) is 55.5 Å². The fourth-order valence-corrected chi connectivity index (χ4v) is 5.96. The van der Waals surface area contributed by atoms with Crippen LogP contribution in [0.2, 0.25) is 5.02 Å². The van der Waals surface area contributed by atoms with Crippen LogP contribution in [0.3, 0.4) is 0 Å². The Bertz CT molecular complexity index is 1710. The molecule has 38 heavy (non-hydrogen) atoms. The zero-order valence-corrected chi connectivity index (χ0v) is 22.8. The summed E-state index contributed by atoms with van der Waals surface area (Å²) in [4.78, 5) is 13.1. The van der Waals surface area contributed by atoms with Crippen LogP contribution in [-0.2, 0) is 20.0 Å². The monoisotopic (exact) mass is 569 g/mol. The van der Waals surface area contributed by atoms with E-state index in [9.17, 15) is 21.6 Å². The lowest BCUT2D eigenvalue weighted by Gasteiger charge is -2.14. The van der Waals surface area contributed by atoms with Gasteiger partial charge in [-0.25, -0.2) is 16.8 Å². The van der Waals surface area contributed by atoms with Crippen molar-refractivity contribution >= 4 is 54.6 Å². The van der Waals surface area contributed by atoms with E-state index >= 15 is 0 Å². The van der Waals surface area contributed by atoms with Crippen LogP contribution in [0.15, 0.2) is 101 Å². The molecule has 0 heterocycles. The van der Waals surface area contributed by atoms with Gasteiger partial charge in [-0.05, 0) is 85.6 Å². The molecule has 0 unspecified atom stereocenters. The quantitative estimate of drug-likeness (QED) is 0.247. The molecular formula is C27H24ClN3O5S2. The summed E-state index contributed by atoms with van der Waals surface area (Å²) in [7, 11) is -7.71. The van der Waals surface area contributed by atoms with Crippen molar-refractivity contribution in [1.29, 1.82) is 0 Å². The summed E-state index contributed by atoms with van der Waals surface area (Å²) in [5, 5.41) is 3.15. The minimum absolute atomic E-state index is 0.000642. The van der Waals surface area contributed by atoms with Gasteiger partial charge in [-0.15, -0.1) is 0 Å². The average molecular weight is 570 g/mol. The molecule has 0 aliphatic rings. The Morgan fingerprint density at radius 2 is 1.29 bits per heavy atom. The summed E-state index contributed by atoms with van der Waals surface area (Å²) in [6.07, 6.45) is 0. The number of rotatable bonds is 8. The highest BCUT2D eigenvalue weighted by molar-refractivity contribution is 7.93. The van der Waals surface area contributed by atoms with Gasteiger partial charge < -0.3 is 5.32 Å². The topological polar surface area (TPSA) is 121 Å². The summed E-state index contributed by atoms with van der Waals surface area (Å²) in [6, 6.07) is 23.1. The van der Waals surface area contributed by atoms with Crippen molar-refractivity contribution in [3.05, 3.63) is 113 Å². The lowest BCUT2D eigenvalue weighted by atomic mass is 10.1. The number of sulfonamides is 2. The van der Waals surface area contributed by atoms with Gasteiger partial charge in [0, 0.05) is 16.3 Å². The van der Waals surface area contributed by atoms with Crippen LogP contribution >= 0.6 is 11.6 Å². The first-order chi connectivity index (χ1) is 18.0. The molecule has 196 valence electrons. The fourth-order valence-electron chi connectivity index (χ4n) is 3.58. The Hall–Kier alpha value is -3.86. The van der Waals surface area contributed by atoms with Crippen LogP contribution in [0, 0.1) is 13.8 Å². The number of anilines is 3. The maximum atomic E-state index is 13.0. The third kappa shape index (κ3) is 6.16. The first-order valence-electron chi connectivity index (χ1n) is 11.3. The molecule has 0 atom stereocenters. The number of benzene rings is 4. The Labute approximate surface area is 226 Å². The van der Waals surface area contributed by atoms with Crippen LogP contribution in [0.4, 0.5) is 17.1 Å². The Morgan fingerprint density at radius 3 is 1.95 bits per heavy atom. The second kappa shape index (κ2) is 10.9. The van der Waals surface area contributed by atoms with Gasteiger partial charge in [0.2, 0.25) is 0 Å². The molecule has 11 heteroatoms. The third-order valence-electron chi connectivity index (χ3n) is 5.72. The number of halogens is 1. The summed E-state index contributed by atoms with van der Waals surface area (Å²) < 4.78 is 55.9. The van der Waals surface area contributed by atoms with Gasteiger partial charge in [0.15, 0.2) is 0 Å². The van der Waals surface area contributed by atoms with E-state index in [1.165, 1.54) is 42.5 Å². The predicted molar refractivity (Wildman–Crippen MR) is 150 cm³/mol. The van der Waals surface area contributed by atoms with E-state index in [4.69, 9.17) is 11.6 Å². The van der Waals surface area contributed by atoms with Crippen LogP contribution in [0.5, 0.6) is 0 Å². The first kappa shape index (κ1) is 27.2. The average Bonchev–Trinajstić information content (AvgIpc) is 2.88. The standard InChI is InChI=1S/C27H24ClN3O5S2/c1-18-11-12-21(17-25(18)28)30-37(33,34)23-15-13-20(14-16-23)29-27(32)24-9-6-10-26(19(24)2)31-38(35,36)22-7-4-3-5-8-22/h3-17,30-31H,1-2H3,(H,29,32). The fraction of sp³-hybridized carbons (Fsp3) is 0.0741. The first-order valence-corrected chi connectivity index (χ1v) is 14.7. The highest BCUT2D eigenvalue weighted by Gasteiger charge is 2.19. The van der Waals surface area contributed by atoms with Crippen molar-refractivity contribution in [1.82, 2.24) is 0 Å². The van der Waals surface area contributed by atoms with Gasteiger partial charge in [-0.1, -0.05) is 41.9 Å². The molecule has 3 N–H and O–H groups in total. The van der Waals surface area contributed by atoms with Crippen molar-refractivity contribution in [3.8, 4) is 0 Å². The van der Waals surface area contributed by atoms with Crippen molar-refractivity contribution in [2.45, 2.75) is 23.6 Å². The summed E-state index contributed by atoms with van der Waals surface area (Å²) in [6.45, 7) is 3.45. The molecule has 4 aromatic rings. The molecule has 0 aliphatic heterocycles. The number of hydrogen-bond acceptors (Lipinski definition) is 5. The molecule has 0 radical (unpaired) electrons. The number of hydrogen-bond donors (Lipinski definition) is 3. The van der Waals surface area contributed by atoms with Crippen LogP contribution in [0.1, 0.15) is 21.5 Å². The molecular weight excluding hydrogens is 546 g/mol. The zero-order valence-electron chi connectivity index (χ0n) is 20.4. The minimum Gasteiger partial charge on any atom is -0.322 e. The van der Waals surface area contributed by atoms with Crippen LogP contribution in [-0.4, -0.2) is 22.7 Å². The minimum atomic E-state index is -3.88. The van der Waals surface area contributed by atoms with E-state index in [-0.39, 0.29) is 21.0 Å². The van der Waals surface area contributed by atoms with Gasteiger partial charge >= 0.3 is 0 Å². The normalized spacial score (nSPS) is 11.6.